The van der Waals surface area contributed by atoms with Crippen LogP contribution in [0.2, 0.25) is 0 Å². The zero-order chi connectivity index (χ0) is 15.4. The largest absolute Gasteiger partial charge is 0.308 e. The Morgan fingerprint density at radius 2 is 1.76 bits per heavy atom. The molecule has 0 spiro atoms. The molecule has 0 amide bonds. The van der Waals surface area contributed by atoms with E-state index in [-0.39, 0.29) is 0 Å². The lowest BCUT2D eigenvalue weighted by molar-refractivity contribution is 0.174. The highest BCUT2D eigenvalue weighted by molar-refractivity contribution is 7.12. The number of thiophene rings is 1. The Balaban J connectivity index is 1.84. The van der Waals surface area contributed by atoms with Gasteiger partial charge in [-0.25, -0.2) is 0 Å². The summed E-state index contributed by atoms with van der Waals surface area (Å²) in [5.74, 6) is 0. The second kappa shape index (κ2) is 7.75. The lowest BCUT2D eigenvalue weighted by Gasteiger charge is -2.31. The number of fused-ring (bicyclic) bond motifs is 1. The summed E-state index contributed by atoms with van der Waals surface area (Å²) < 4.78 is 0. The first-order chi connectivity index (χ1) is 9.99. The van der Waals surface area contributed by atoms with Crippen LogP contribution in [0.25, 0.3) is 0 Å². The first-order valence-corrected chi connectivity index (χ1v) is 9.41. The molecule has 0 saturated carbocycles. The summed E-state index contributed by atoms with van der Waals surface area (Å²) in [4.78, 5) is 5.73. The molecule has 0 bridgehead atoms. The molecular weight excluding hydrogens is 276 g/mol. The number of aryl methyl sites for hydroxylation is 2. The highest BCUT2D eigenvalue weighted by Gasteiger charge is 2.17. The molecule has 1 heterocycles. The van der Waals surface area contributed by atoms with Gasteiger partial charge in [0.05, 0.1) is 0 Å². The highest BCUT2D eigenvalue weighted by atomic mass is 32.1. The summed E-state index contributed by atoms with van der Waals surface area (Å²) in [6, 6.07) is 4.19. The van der Waals surface area contributed by atoms with Gasteiger partial charge in [0.2, 0.25) is 0 Å². The molecule has 2 nitrogen and oxygen atoms in total. The fourth-order valence-electron chi connectivity index (χ4n) is 3.35. The molecule has 120 valence electrons. The van der Waals surface area contributed by atoms with Crippen LogP contribution in [0.1, 0.15) is 68.8 Å². The van der Waals surface area contributed by atoms with Crippen molar-refractivity contribution in [1.82, 2.24) is 10.2 Å². The normalized spacial score (nSPS) is 16.8. The van der Waals surface area contributed by atoms with E-state index in [1.807, 2.05) is 11.3 Å². The van der Waals surface area contributed by atoms with Gasteiger partial charge < -0.3 is 5.32 Å². The number of nitrogens with zero attached hydrogens (tertiary/aromatic N) is 1. The second-order valence-electron chi connectivity index (χ2n) is 6.91. The Hall–Kier alpha value is -0.380. The molecule has 0 fully saturated rings. The van der Waals surface area contributed by atoms with Crippen molar-refractivity contribution in [3.05, 3.63) is 21.4 Å². The van der Waals surface area contributed by atoms with Gasteiger partial charge in [0.15, 0.2) is 0 Å². The predicted octanol–water partition coefficient (Wildman–Crippen LogP) is 4.40. The van der Waals surface area contributed by atoms with Crippen LogP contribution in [0.15, 0.2) is 6.07 Å². The first-order valence-electron chi connectivity index (χ1n) is 8.59. The Morgan fingerprint density at radius 3 is 2.38 bits per heavy atom. The fraction of sp³-hybridized carbons (Fsp3) is 0.778. The topological polar surface area (TPSA) is 15.3 Å². The Morgan fingerprint density at radius 1 is 1.10 bits per heavy atom. The molecule has 2 rings (SSSR count). The van der Waals surface area contributed by atoms with Gasteiger partial charge in [0.1, 0.15) is 0 Å². The summed E-state index contributed by atoms with van der Waals surface area (Å²) in [7, 11) is 0. The highest BCUT2D eigenvalue weighted by Crippen LogP contribution is 2.32. The molecule has 0 aliphatic heterocycles. The van der Waals surface area contributed by atoms with Crippen molar-refractivity contribution in [2.45, 2.75) is 78.4 Å². The summed E-state index contributed by atoms with van der Waals surface area (Å²) >= 11 is 2.04. The lowest BCUT2D eigenvalue weighted by Crippen LogP contribution is -2.41. The summed E-state index contributed by atoms with van der Waals surface area (Å²) in [6.07, 6.45) is 5.36. The van der Waals surface area contributed by atoms with Crippen LogP contribution in [-0.4, -0.2) is 30.1 Å². The van der Waals surface area contributed by atoms with Crippen molar-refractivity contribution in [3.8, 4) is 0 Å². The standard InChI is InChI=1S/C18H32N2S/c1-13(2)20(14(3)4)11-10-19-15(5)18-12-16-8-6-7-9-17(16)21-18/h12-15,19H,6-11H2,1-5H3. The zero-order valence-electron chi connectivity index (χ0n) is 14.4. The Labute approximate surface area is 134 Å². The molecule has 1 aliphatic rings. The SMILES string of the molecule is CC(NCCN(C(C)C)C(C)C)c1cc2c(s1)CCCC2. The molecule has 1 aromatic rings. The maximum Gasteiger partial charge on any atom is 0.0386 e. The summed E-state index contributed by atoms with van der Waals surface area (Å²) in [6.45, 7) is 13.7. The van der Waals surface area contributed by atoms with Crippen molar-refractivity contribution in [2.24, 2.45) is 0 Å². The van der Waals surface area contributed by atoms with Crippen molar-refractivity contribution in [2.75, 3.05) is 13.1 Å². The van der Waals surface area contributed by atoms with Crippen molar-refractivity contribution in [1.29, 1.82) is 0 Å². The van der Waals surface area contributed by atoms with E-state index < -0.39 is 0 Å². The van der Waals surface area contributed by atoms with Gasteiger partial charge in [-0.15, -0.1) is 11.3 Å². The minimum atomic E-state index is 0.488. The third-order valence-electron chi connectivity index (χ3n) is 4.59. The minimum Gasteiger partial charge on any atom is -0.308 e. The van der Waals surface area contributed by atoms with E-state index in [0.29, 0.717) is 18.1 Å². The molecule has 0 radical (unpaired) electrons. The predicted molar refractivity (Wildman–Crippen MR) is 94.4 cm³/mol. The smallest absolute Gasteiger partial charge is 0.0386 e. The van der Waals surface area contributed by atoms with Gasteiger partial charge in [0.25, 0.3) is 0 Å². The van der Waals surface area contributed by atoms with Gasteiger partial charge in [-0.1, -0.05) is 0 Å². The van der Waals surface area contributed by atoms with Gasteiger partial charge >= 0.3 is 0 Å². The first kappa shape index (κ1) is 17.0. The van der Waals surface area contributed by atoms with E-state index in [1.54, 1.807) is 10.4 Å². The average Bonchev–Trinajstić information content (AvgIpc) is 2.86. The zero-order valence-corrected chi connectivity index (χ0v) is 15.2. The van der Waals surface area contributed by atoms with Crippen LogP contribution in [0.3, 0.4) is 0 Å². The molecular formula is C18H32N2S. The fourth-order valence-corrected chi connectivity index (χ4v) is 4.63. The molecule has 0 saturated heterocycles. The monoisotopic (exact) mass is 308 g/mol. The van der Waals surface area contributed by atoms with Crippen LogP contribution in [-0.2, 0) is 12.8 Å². The average molecular weight is 309 g/mol. The van der Waals surface area contributed by atoms with Gasteiger partial charge in [-0.05, 0) is 71.9 Å². The van der Waals surface area contributed by atoms with E-state index in [1.165, 1.54) is 30.6 Å². The maximum absolute atomic E-state index is 3.72. The van der Waals surface area contributed by atoms with E-state index in [0.717, 1.165) is 13.1 Å². The summed E-state index contributed by atoms with van der Waals surface area (Å²) in [5.41, 5.74) is 1.63. The third-order valence-corrected chi connectivity index (χ3v) is 6.01. The Bertz CT molecular complexity index is 405. The maximum atomic E-state index is 3.72. The van der Waals surface area contributed by atoms with Crippen LogP contribution in [0.4, 0.5) is 0 Å². The Kier molecular flexibility index (Phi) is 6.27. The molecule has 1 unspecified atom stereocenters. The minimum absolute atomic E-state index is 0.488. The molecule has 3 heteroatoms. The molecule has 1 atom stereocenters. The van der Waals surface area contributed by atoms with Crippen LogP contribution in [0, 0.1) is 0 Å². The van der Waals surface area contributed by atoms with Crippen molar-refractivity contribution < 1.29 is 0 Å². The van der Waals surface area contributed by atoms with Gasteiger partial charge in [-0.2, -0.15) is 0 Å². The molecule has 0 aromatic carbocycles. The molecule has 21 heavy (non-hydrogen) atoms. The van der Waals surface area contributed by atoms with Crippen LogP contribution in [0.5, 0.6) is 0 Å². The van der Waals surface area contributed by atoms with Gasteiger partial charge in [-0.3, -0.25) is 4.90 Å². The van der Waals surface area contributed by atoms with Crippen molar-refractivity contribution >= 4 is 11.3 Å². The lowest BCUT2D eigenvalue weighted by atomic mass is 9.99. The number of nitrogens with one attached hydrogen (secondary N) is 1. The molecule has 1 N–H and O–H groups in total. The number of hydrogen-bond acceptors (Lipinski definition) is 3. The summed E-state index contributed by atoms with van der Waals surface area (Å²) in [5, 5.41) is 3.72. The van der Waals surface area contributed by atoms with Crippen LogP contribution < -0.4 is 5.32 Å². The van der Waals surface area contributed by atoms with E-state index >= 15 is 0 Å². The second-order valence-corrected chi connectivity index (χ2v) is 8.07. The number of hydrogen-bond donors (Lipinski definition) is 1. The van der Waals surface area contributed by atoms with E-state index in [4.69, 9.17) is 0 Å². The van der Waals surface area contributed by atoms with E-state index in [2.05, 4.69) is 50.9 Å². The third kappa shape index (κ3) is 4.54. The quantitative estimate of drug-likeness (QED) is 0.803. The molecule has 1 aromatic heterocycles. The van der Waals surface area contributed by atoms with Gasteiger partial charge in [0, 0.05) is 41.0 Å². The molecule has 1 aliphatic carbocycles. The van der Waals surface area contributed by atoms with E-state index in [9.17, 15) is 0 Å². The number of rotatable bonds is 7. The van der Waals surface area contributed by atoms with Crippen LogP contribution >= 0.6 is 11.3 Å². The van der Waals surface area contributed by atoms with Crippen molar-refractivity contribution in [3.63, 3.8) is 0 Å².